The molecule has 0 aliphatic carbocycles. The molecule has 132 valence electrons. The van der Waals surface area contributed by atoms with Crippen molar-refractivity contribution in [2.45, 2.75) is 38.6 Å². The molecule has 3 N–H and O–H groups in total. The van der Waals surface area contributed by atoms with Crippen LogP contribution < -0.4 is 11.1 Å². The van der Waals surface area contributed by atoms with Crippen molar-refractivity contribution in [2.24, 2.45) is 5.73 Å². The van der Waals surface area contributed by atoms with Crippen LogP contribution in [-0.4, -0.2) is 36.6 Å². The number of carbonyl (C=O) groups is 1. The highest BCUT2D eigenvalue weighted by atomic mass is 32.2. The molecule has 0 saturated heterocycles. The first-order valence-corrected chi connectivity index (χ1v) is 9.55. The molecule has 1 heterocycles. The van der Waals surface area contributed by atoms with Crippen LogP contribution in [0.4, 0.5) is 9.80 Å². The highest BCUT2D eigenvalue weighted by molar-refractivity contribution is 7.91. The summed E-state index contributed by atoms with van der Waals surface area (Å²) in [5.74, 6) is 0. The van der Waals surface area contributed by atoms with Crippen LogP contribution in [0.15, 0.2) is 4.90 Å². The van der Waals surface area contributed by atoms with Crippen molar-refractivity contribution < 1.29 is 17.9 Å². The zero-order valence-corrected chi connectivity index (χ0v) is 16.1. The number of thiophene rings is 1. The number of nitriles is 1. The highest BCUT2D eigenvalue weighted by Crippen LogP contribution is 2.38. The monoisotopic (exact) mass is 390 g/mol. The highest BCUT2D eigenvalue weighted by Gasteiger charge is 2.35. The molecule has 1 aromatic heterocycles. The van der Waals surface area contributed by atoms with Crippen LogP contribution in [0.1, 0.15) is 31.2 Å². The van der Waals surface area contributed by atoms with Gasteiger partial charge in [0, 0.05) is 10.9 Å². The van der Waals surface area contributed by atoms with Crippen molar-refractivity contribution in [2.75, 3.05) is 11.9 Å². The van der Waals surface area contributed by atoms with E-state index in [1.54, 1.807) is 27.7 Å². The van der Waals surface area contributed by atoms with Gasteiger partial charge in [0.2, 0.25) is 0 Å². The smallest absolute Gasteiger partial charge is 0.412 e. The van der Waals surface area contributed by atoms with E-state index in [1.165, 1.54) is 0 Å². The zero-order chi connectivity index (χ0) is 18.7. The summed E-state index contributed by atoms with van der Waals surface area (Å²) >= 11 is 5.80. The fourth-order valence-electron chi connectivity index (χ4n) is 1.99. The lowest BCUT2D eigenvalue weighted by atomic mass is 10.3. The predicted molar refractivity (Wildman–Crippen MR) is 95.4 cm³/mol. The van der Waals surface area contributed by atoms with Gasteiger partial charge in [-0.15, -0.1) is 11.3 Å². The minimum atomic E-state index is -4.23. The second-order valence-electron chi connectivity index (χ2n) is 4.88. The Balaban J connectivity index is 3.58. The minimum absolute atomic E-state index is 0.00981. The van der Waals surface area contributed by atoms with Crippen LogP contribution in [-0.2, 0) is 14.8 Å². The predicted octanol–water partition coefficient (Wildman–Crippen LogP) is 2.14. The van der Waals surface area contributed by atoms with Crippen molar-refractivity contribution in [1.29, 1.82) is 5.26 Å². The van der Waals surface area contributed by atoms with Crippen molar-refractivity contribution >= 4 is 49.8 Å². The Morgan fingerprint density at radius 2 is 2.12 bits per heavy atom. The minimum Gasteiger partial charge on any atom is -0.450 e. The lowest BCUT2D eigenvalue weighted by molar-refractivity contribution is 0.168. The number of rotatable bonds is 5. The Hall–Kier alpha value is -1.90. The van der Waals surface area contributed by atoms with Crippen LogP contribution in [0.2, 0.25) is 0 Å². The van der Waals surface area contributed by atoms with Crippen molar-refractivity contribution in [1.82, 2.24) is 4.31 Å². The van der Waals surface area contributed by atoms with E-state index in [9.17, 15) is 18.5 Å². The molecule has 1 amide bonds. The van der Waals surface area contributed by atoms with Gasteiger partial charge in [-0.3, -0.25) is 5.32 Å². The Bertz CT molecular complexity index is 793. The Kier molecular flexibility index (Phi) is 6.53. The topological polar surface area (TPSA) is 126 Å². The van der Waals surface area contributed by atoms with E-state index in [1.807, 2.05) is 6.07 Å². The number of aryl methyl sites for hydroxylation is 1. The molecule has 24 heavy (non-hydrogen) atoms. The quantitative estimate of drug-likeness (QED) is 0.738. The Morgan fingerprint density at radius 1 is 1.54 bits per heavy atom. The van der Waals surface area contributed by atoms with E-state index in [0.717, 1.165) is 15.6 Å². The van der Waals surface area contributed by atoms with Gasteiger partial charge in [0.25, 0.3) is 10.0 Å². The lowest BCUT2D eigenvalue weighted by Gasteiger charge is -2.26. The average Bonchev–Trinajstić information content (AvgIpc) is 2.73. The third-order valence-electron chi connectivity index (χ3n) is 2.85. The Labute approximate surface area is 150 Å². The van der Waals surface area contributed by atoms with Gasteiger partial charge in [0.05, 0.1) is 12.2 Å². The SMILES string of the molecule is CCOC(=O)Nc1sc(C)c(C#N)c1S(=O)(=O)N(C(N)=S)C(C)C. The van der Waals surface area contributed by atoms with E-state index in [-0.39, 0.29) is 27.2 Å². The van der Waals surface area contributed by atoms with Gasteiger partial charge in [-0.2, -0.15) is 5.26 Å². The van der Waals surface area contributed by atoms with Gasteiger partial charge in [0.15, 0.2) is 5.11 Å². The first-order valence-electron chi connectivity index (χ1n) is 6.89. The van der Waals surface area contributed by atoms with Crippen LogP contribution in [0, 0.1) is 18.3 Å². The molecule has 0 fully saturated rings. The number of nitrogens with one attached hydrogen (secondary N) is 1. The zero-order valence-electron chi connectivity index (χ0n) is 13.6. The van der Waals surface area contributed by atoms with Gasteiger partial charge in [-0.25, -0.2) is 17.5 Å². The van der Waals surface area contributed by atoms with Crippen LogP contribution in [0.25, 0.3) is 0 Å². The van der Waals surface area contributed by atoms with Gasteiger partial charge < -0.3 is 10.5 Å². The lowest BCUT2D eigenvalue weighted by Crippen LogP contribution is -2.45. The molecule has 0 radical (unpaired) electrons. The van der Waals surface area contributed by atoms with Crippen molar-refractivity contribution in [3.05, 3.63) is 10.4 Å². The molecule has 0 atom stereocenters. The molecular weight excluding hydrogens is 372 g/mol. The standard InChI is InChI=1S/C13H18N4O4S3/c1-5-21-13(18)16-11-10(9(6-14)8(4)23-11)24(19,20)17(7(2)3)12(15)22/h7H,5H2,1-4H3,(H2,15,22)(H,16,18). The summed E-state index contributed by atoms with van der Waals surface area (Å²) in [7, 11) is -4.23. The number of anilines is 1. The van der Waals surface area contributed by atoms with Crippen LogP contribution >= 0.6 is 23.6 Å². The van der Waals surface area contributed by atoms with Gasteiger partial charge in [0.1, 0.15) is 16.0 Å². The summed E-state index contributed by atoms with van der Waals surface area (Å²) in [4.78, 5) is 11.8. The van der Waals surface area contributed by atoms with E-state index >= 15 is 0 Å². The van der Waals surface area contributed by atoms with Crippen LogP contribution in [0.5, 0.6) is 0 Å². The van der Waals surface area contributed by atoms with Crippen LogP contribution in [0.3, 0.4) is 0 Å². The number of ether oxygens (including phenoxy) is 1. The van der Waals surface area contributed by atoms with Gasteiger partial charge >= 0.3 is 6.09 Å². The van der Waals surface area contributed by atoms with E-state index in [2.05, 4.69) is 5.32 Å². The summed E-state index contributed by atoms with van der Waals surface area (Å²) in [6.07, 6.45) is -0.814. The summed E-state index contributed by atoms with van der Waals surface area (Å²) < 4.78 is 31.6. The Morgan fingerprint density at radius 3 is 2.54 bits per heavy atom. The summed E-state index contributed by atoms with van der Waals surface area (Å²) in [5.41, 5.74) is 5.48. The fraction of sp³-hybridized carbons (Fsp3) is 0.462. The molecule has 11 heteroatoms. The summed E-state index contributed by atoms with van der Waals surface area (Å²) in [5, 5.41) is 11.3. The molecule has 0 aliphatic rings. The van der Waals surface area contributed by atoms with Crippen molar-refractivity contribution in [3.63, 3.8) is 0 Å². The maximum absolute atomic E-state index is 13.0. The molecular formula is C13H18N4O4S3. The third kappa shape index (κ3) is 3.95. The van der Waals surface area contributed by atoms with Gasteiger partial charge in [-0.05, 0) is 39.9 Å². The molecule has 0 bridgehead atoms. The maximum atomic E-state index is 13.0. The van der Waals surface area contributed by atoms with Crippen molar-refractivity contribution in [3.8, 4) is 6.07 Å². The number of sulfonamides is 1. The number of nitrogens with two attached hydrogens (primary N) is 1. The van der Waals surface area contributed by atoms with E-state index < -0.39 is 22.2 Å². The molecule has 1 aromatic rings. The molecule has 0 saturated carbocycles. The molecule has 8 nitrogen and oxygen atoms in total. The number of amides is 1. The van der Waals surface area contributed by atoms with Gasteiger partial charge in [-0.1, -0.05) is 0 Å². The maximum Gasteiger partial charge on any atom is 0.412 e. The molecule has 1 rings (SSSR count). The number of hydrogen-bond acceptors (Lipinski definition) is 7. The van der Waals surface area contributed by atoms with E-state index in [0.29, 0.717) is 4.88 Å². The first-order chi connectivity index (χ1) is 11.1. The normalized spacial score (nSPS) is 11.0. The molecule has 0 spiro atoms. The average molecular weight is 391 g/mol. The first kappa shape index (κ1) is 20.1. The number of nitrogens with zero attached hydrogens (tertiary/aromatic N) is 2. The summed E-state index contributed by atoms with van der Waals surface area (Å²) in [6, 6.07) is 1.30. The number of hydrogen-bond donors (Lipinski definition) is 2. The number of thiocarbonyl (C=S) groups is 1. The number of carbonyl (C=O) groups excluding carboxylic acids is 1. The second-order valence-corrected chi connectivity index (χ2v) is 8.28. The largest absolute Gasteiger partial charge is 0.450 e. The summed E-state index contributed by atoms with van der Waals surface area (Å²) in [6.45, 7) is 6.51. The fourth-order valence-corrected chi connectivity index (χ4v) is 5.62. The second kappa shape index (κ2) is 7.78. The van der Waals surface area contributed by atoms with E-state index in [4.69, 9.17) is 22.7 Å². The molecule has 0 aliphatic heterocycles. The molecule has 0 unspecified atom stereocenters. The molecule has 0 aromatic carbocycles. The third-order valence-corrected chi connectivity index (χ3v) is 6.37.